The summed E-state index contributed by atoms with van der Waals surface area (Å²) < 4.78 is 0. The van der Waals surface area contributed by atoms with Gasteiger partial charge in [-0.15, -0.1) is 0 Å². The minimum Gasteiger partial charge on any atom is -0.368 e. The van der Waals surface area contributed by atoms with Crippen molar-refractivity contribution in [3.05, 3.63) is 63.7 Å². The average Bonchev–Trinajstić information content (AvgIpc) is 2.74. The number of hydrogen-bond donors (Lipinski definition) is 1. The molecule has 1 saturated heterocycles. The van der Waals surface area contributed by atoms with E-state index in [-0.39, 0.29) is 23.1 Å². The van der Waals surface area contributed by atoms with Crippen LogP contribution in [-0.2, 0) is 4.79 Å². The third-order valence-electron chi connectivity index (χ3n) is 5.24. The number of carbonyl (C=O) groups excluding carboxylic acids is 2. The summed E-state index contributed by atoms with van der Waals surface area (Å²) >= 11 is 0. The lowest BCUT2D eigenvalue weighted by molar-refractivity contribution is -0.385. The molecule has 1 fully saturated rings. The van der Waals surface area contributed by atoms with Gasteiger partial charge < -0.3 is 15.1 Å². The van der Waals surface area contributed by atoms with Crippen LogP contribution in [0.5, 0.6) is 0 Å². The molecule has 2 aromatic rings. The monoisotopic (exact) mass is 410 g/mol. The highest BCUT2D eigenvalue weighted by Crippen LogP contribution is 2.22. The van der Waals surface area contributed by atoms with E-state index in [4.69, 9.17) is 0 Å². The van der Waals surface area contributed by atoms with Crippen molar-refractivity contribution in [1.29, 1.82) is 0 Å². The molecule has 1 aliphatic heterocycles. The molecule has 2 aromatic carbocycles. The van der Waals surface area contributed by atoms with Crippen LogP contribution < -0.4 is 10.2 Å². The molecule has 0 radical (unpaired) electrons. The number of amides is 2. The second-order valence-electron chi connectivity index (χ2n) is 7.73. The summed E-state index contributed by atoms with van der Waals surface area (Å²) in [6.45, 7) is 8.38. The van der Waals surface area contributed by atoms with Gasteiger partial charge >= 0.3 is 0 Å². The number of nitrogens with zero attached hydrogens (tertiary/aromatic N) is 3. The first kappa shape index (κ1) is 21.3. The molecule has 0 bridgehead atoms. The molecule has 8 nitrogen and oxygen atoms in total. The molecule has 1 heterocycles. The Morgan fingerprint density at radius 2 is 1.67 bits per heavy atom. The molecule has 1 N–H and O–H groups in total. The third kappa shape index (κ3) is 4.76. The van der Waals surface area contributed by atoms with Gasteiger partial charge in [-0.1, -0.05) is 19.9 Å². The van der Waals surface area contributed by atoms with Crippen LogP contribution in [0, 0.1) is 23.0 Å². The topological polar surface area (TPSA) is 95.8 Å². The third-order valence-corrected chi connectivity index (χ3v) is 5.24. The van der Waals surface area contributed by atoms with Crippen LogP contribution in [0.25, 0.3) is 0 Å². The van der Waals surface area contributed by atoms with Gasteiger partial charge in [0.25, 0.3) is 11.6 Å². The molecule has 0 aliphatic carbocycles. The lowest BCUT2D eigenvalue weighted by Crippen LogP contribution is -2.49. The van der Waals surface area contributed by atoms with Crippen molar-refractivity contribution < 1.29 is 14.5 Å². The van der Waals surface area contributed by atoms with Gasteiger partial charge in [0.1, 0.15) is 0 Å². The Bertz CT molecular complexity index is 948. The predicted octanol–water partition coefficient (Wildman–Crippen LogP) is 3.46. The zero-order valence-electron chi connectivity index (χ0n) is 17.4. The van der Waals surface area contributed by atoms with Gasteiger partial charge in [-0.05, 0) is 37.3 Å². The molecule has 0 spiro atoms. The van der Waals surface area contributed by atoms with Gasteiger partial charge in [-0.3, -0.25) is 19.7 Å². The maximum absolute atomic E-state index is 12.5. The van der Waals surface area contributed by atoms with Crippen molar-refractivity contribution in [2.75, 3.05) is 36.4 Å². The lowest BCUT2D eigenvalue weighted by Gasteiger charge is -2.37. The number of rotatable bonds is 5. The standard InChI is InChI=1S/C22H26N4O4/c1-15(2)22(28)25-12-10-24(11-13-25)19-8-6-18(7-9-19)23-21(27)17-5-4-16(3)20(14-17)26(29)30/h4-9,14-15H,10-13H2,1-3H3,(H,23,27). The Morgan fingerprint density at radius 3 is 2.23 bits per heavy atom. The van der Waals surface area contributed by atoms with Gasteiger partial charge in [0.15, 0.2) is 0 Å². The van der Waals surface area contributed by atoms with Crippen LogP contribution in [0.15, 0.2) is 42.5 Å². The van der Waals surface area contributed by atoms with Crippen LogP contribution in [0.4, 0.5) is 17.1 Å². The van der Waals surface area contributed by atoms with Gasteiger partial charge in [0.2, 0.25) is 5.91 Å². The summed E-state index contributed by atoms with van der Waals surface area (Å²) in [5.74, 6) is -0.204. The second kappa shape index (κ2) is 8.94. The Labute approximate surface area is 175 Å². The fourth-order valence-corrected chi connectivity index (χ4v) is 3.46. The van der Waals surface area contributed by atoms with Crippen molar-refractivity contribution in [3.63, 3.8) is 0 Å². The number of piperazine rings is 1. The van der Waals surface area contributed by atoms with Crippen molar-refractivity contribution in [1.82, 2.24) is 4.90 Å². The molecule has 30 heavy (non-hydrogen) atoms. The molecule has 1 aliphatic rings. The van der Waals surface area contributed by atoms with Crippen molar-refractivity contribution in [2.24, 2.45) is 5.92 Å². The fourth-order valence-electron chi connectivity index (χ4n) is 3.46. The molecule has 0 aromatic heterocycles. The highest BCUT2D eigenvalue weighted by Gasteiger charge is 2.23. The number of benzene rings is 2. The predicted molar refractivity (Wildman–Crippen MR) is 116 cm³/mol. The zero-order valence-corrected chi connectivity index (χ0v) is 17.4. The van der Waals surface area contributed by atoms with Crippen LogP contribution >= 0.6 is 0 Å². The molecular formula is C22H26N4O4. The fraction of sp³-hybridized carbons (Fsp3) is 0.364. The van der Waals surface area contributed by atoms with E-state index in [0.29, 0.717) is 24.3 Å². The van der Waals surface area contributed by atoms with E-state index in [9.17, 15) is 19.7 Å². The highest BCUT2D eigenvalue weighted by atomic mass is 16.6. The van der Waals surface area contributed by atoms with Crippen molar-refractivity contribution in [3.8, 4) is 0 Å². The molecular weight excluding hydrogens is 384 g/mol. The number of aryl methyl sites for hydroxylation is 1. The molecule has 158 valence electrons. The number of nitro benzene ring substituents is 1. The Kier molecular flexibility index (Phi) is 6.34. The number of hydrogen-bond acceptors (Lipinski definition) is 5. The van der Waals surface area contributed by atoms with E-state index in [1.807, 2.05) is 43.0 Å². The maximum Gasteiger partial charge on any atom is 0.273 e. The van der Waals surface area contributed by atoms with Gasteiger partial charge in [0, 0.05) is 60.7 Å². The van der Waals surface area contributed by atoms with Crippen molar-refractivity contribution in [2.45, 2.75) is 20.8 Å². The second-order valence-corrected chi connectivity index (χ2v) is 7.73. The minimum atomic E-state index is -0.491. The lowest BCUT2D eigenvalue weighted by atomic mass is 10.1. The van der Waals surface area contributed by atoms with Crippen LogP contribution in [-0.4, -0.2) is 47.8 Å². The minimum absolute atomic E-state index is 0.00871. The summed E-state index contributed by atoms with van der Waals surface area (Å²) in [6.07, 6.45) is 0. The normalized spacial score (nSPS) is 14.0. The smallest absolute Gasteiger partial charge is 0.273 e. The molecule has 2 amide bonds. The van der Waals surface area contributed by atoms with E-state index < -0.39 is 10.8 Å². The molecule has 0 atom stereocenters. The quantitative estimate of drug-likeness (QED) is 0.602. The largest absolute Gasteiger partial charge is 0.368 e. The average molecular weight is 410 g/mol. The highest BCUT2D eigenvalue weighted by molar-refractivity contribution is 6.04. The van der Waals surface area contributed by atoms with E-state index >= 15 is 0 Å². The van der Waals surface area contributed by atoms with Gasteiger partial charge in [0.05, 0.1) is 4.92 Å². The Balaban J connectivity index is 1.61. The van der Waals surface area contributed by atoms with E-state index in [0.717, 1.165) is 18.8 Å². The van der Waals surface area contributed by atoms with Crippen LogP contribution in [0.1, 0.15) is 29.8 Å². The number of nitro groups is 1. The first-order valence-electron chi connectivity index (χ1n) is 9.96. The summed E-state index contributed by atoms with van der Waals surface area (Å²) in [4.78, 5) is 39.3. The summed E-state index contributed by atoms with van der Waals surface area (Å²) in [5.41, 5.74) is 2.31. The van der Waals surface area contributed by atoms with Gasteiger partial charge in [-0.2, -0.15) is 0 Å². The number of nitrogens with one attached hydrogen (secondary N) is 1. The van der Waals surface area contributed by atoms with Gasteiger partial charge in [-0.25, -0.2) is 0 Å². The molecule has 8 heteroatoms. The molecule has 0 unspecified atom stereocenters. The molecule has 3 rings (SSSR count). The SMILES string of the molecule is Cc1ccc(C(=O)Nc2ccc(N3CCN(C(=O)C(C)C)CC3)cc2)cc1[N+](=O)[O-]. The van der Waals surface area contributed by atoms with Crippen molar-refractivity contribution >= 4 is 28.9 Å². The van der Waals surface area contributed by atoms with Crippen LogP contribution in [0.3, 0.4) is 0 Å². The summed E-state index contributed by atoms with van der Waals surface area (Å²) in [6, 6.07) is 11.9. The maximum atomic E-state index is 12.5. The van der Waals surface area contributed by atoms with E-state index in [1.54, 1.807) is 19.1 Å². The van der Waals surface area contributed by atoms with Crippen LogP contribution in [0.2, 0.25) is 0 Å². The Morgan fingerprint density at radius 1 is 1.03 bits per heavy atom. The number of anilines is 2. The first-order chi connectivity index (χ1) is 14.3. The Hall–Kier alpha value is -3.42. The molecule has 0 saturated carbocycles. The first-order valence-corrected chi connectivity index (χ1v) is 9.96. The summed E-state index contributed by atoms with van der Waals surface area (Å²) in [5, 5.41) is 13.9. The number of carbonyl (C=O) groups is 2. The summed E-state index contributed by atoms with van der Waals surface area (Å²) in [7, 11) is 0. The van der Waals surface area contributed by atoms with E-state index in [1.165, 1.54) is 6.07 Å². The zero-order chi connectivity index (χ0) is 21.8. The van der Waals surface area contributed by atoms with E-state index in [2.05, 4.69) is 10.2 Å².